The van der Waals surface area contributed by atoms with E-state index in [0.717, 1.165) is 5.57 Å². The third kappa shape index (κ3) is 2.16. The Hall–Kier alpha value is -1.25. The third-order valence-corrected chi connectivity index (χ3v) is 2.21. The van der Waals surface area contributed by atoms with Gasteiger partial charge in [-0.05, 0) is 26.3 Å². The fraction of sp³-hybridized carbons (Fsp3) is 0.545. The number of rotatable bonds is 3. The molecule has 0 fully saturated rings. The van der Waals surface area contributed by atoms with Gasteiger partial charge in [0, 0.05) is 6.42 Å². The minimum atomic E-state index is -0.270. The van der Waals surface area contributed by atoms with E-state index in [9.17, 15) is 4.79 Å². The Morgan fingerprint density at radius 3 is 2.79 bits per heavy atom. The van der Waals surface area contributed by atoms with Gasteiger partial charge < -0.3 is 9.47 Å². The number of esters is 1. The van der Waals surface area contributed by atoms with Gasteiger partial charge in [0.1, 0.15) is 11.9 Å². The molecule has 0 bridgehead atoms. The summed E-state index contributed by atoms with van der Waals surface area (Å²) in [6.07, 6.45) is 0.523. The summed E-state index contributed by atoms with van der Waals surface area (Å²) in [5.41, 5.74) is 1.57. The molecule has 0 saturated heterocycles. The SMILES string of the molecule is C=C(C)C1CC(C(=O)OCC)=C(C)O1. The highest BCUT2D eigenvalue weighted by Crippen LogP contribution is 2.28. The normalized spacial score (nSPS) is 20.6. The number of carbonyl (C=O) groups is 1. The predicted octanol–water partition coefficient (Wildman–Crippen LogP) is 2.19. The zero-order valence-corrected chi connectivity index (χ0v) is 8.92. The van der Waals surface area contributed by atoms with Gasteiger partial charge in [-0.2, -0.15) is 0 Å². The number of carbonyl (C=O) groups excluding carboxylic acids is 1. The van der Waals surface area contributed by atoms with E-state index in [1.54, 1.807) is 13.8 Å². The molecule has 0 spiro atoms. The van der Waals surface area contributed by atoms with E-state index in [1.807, 2.05) is 6.92 Å². The molecule has 78 valence electrons. The van der Waals surface area contributed by atoms with Crippen molar-refractivity contribution in [2.24, 2.45) is 0 Å². The Labute approximate surface area is 84.4 Å². The van der Waals surface area contributed by atoms with Crippen LogP contribution in [0.3, 0.4) is 0 Å². The van der Waals surface area contributed by atoms with Crippen LogP contribution in [-0.4, -0.2) is 18.7 Å². The summed E-state index contributed by atoms with van der Waals surface area (Å²) < 4.78 is 10.4. The van der Waals surface area contributed by atoms with Crippen LogP contribution in [0.25, 0.3) is 0 Å². The van der Waals surface area contributed by atoms with Crippen molar-refractivity contribution in [3.8, 4) is 0 Å². The van der Waals surface area contributed by atoms with Crippen LogP contribution < -0.4 is 0 Å². The average molecular weight is 196 g/mol. The van der Waals surface area contributed by atoms with Crippen molar-refractivity contribution >= 4 is 5.97 Å². The molecule has 3 nitrogen and oxygen atoms in total. The van der Waals surface area contributed by atoms with Gasteiger partial charge in [-0.15, -0.1) is 0 Å². The van der Waals surface area contributed by atoms with Crippen LogP contribution in [-0.2, 0) is 14.3 Å². The molecule has 1 unspecified atom stereocenters. The molecular weight excluding hydrogens is 180 g/mol. The van der Waals surface area contributed by atoms with Gasteiger partial charge in [0.25, 0.3) is 0 Å². The van der Waals surface area contributed by atoms with Crippen LogP contribution >= 0.6 is 0 Å². The second-order valence-corrected chi connectivity index (χ2v) is 3.41. The van der Waals surface area contributed by atoms with Crippen LogP contribution in [0.2, 0.25) is 0 Å². The molecule has 1 heterocycles. The van der Waals surface area contributed by atoms with E-state index < -0.39 is 0 Å². The molecule has 1 atom stereocenters. The summed E-state index contributed by atoms with van der Waals surface area (Å²) in [6, 6.07) is 0. The highest BCUT2D eigenvalue weighted by Gasteiger charge is 2.28. The fourth-order valence-corrected chi connectivity index (χ4v) is 1.38. The van der Waals surface area contributed by atoms with Crippen LogP contribution in [0.15, 0.2) is 23.5 Å². The predicted molar refractivity (Wildman–Crippen MR) is 53.6 cm³/mol. The van der Waals surface area contributed by atoms with Crippen molar-refractivity contribution in [2.75, 3.05) is 6.61 Å². The molecular formula is C11H16O3. The van der Waals surface area contributed by atoms with Gasteiger partial charge in [0.05, 0.1) is 12.2 Å². The molecule has 0 N–H and O–H groups in total. The molecule has 1 aliphatic heterocycles. The third-order valence-electron chi connectivity index (χ3n) is 2.21. The minimum absolute atomic E-state index is 0.0607. The topological polar surface area (TPSA) is 35.5 Å². The first kappa shape index (κ1) is 10.8. The van der Waals surface area contributed by atoms with Crippen molar-refractivity contribution in [3.05, 3.63) is 23.5 Å². The lowest BCUT2D eigenvalue weighted by molar-refractivity contribution is -0.138. The molecule has 0 amide bonds. The quantitative estimate of drug-likeness (QED) is 0.512. The van der Waals surface area contributed by atoms with Crippen LogP contribution in [0.1, 0.15) is 27.2 Å². The largest absolute Gasteiger partial charge is 0.490 e. The van der Waals surface area contributed by atoms with Gasteiger partial charge in [-0.1, -0.05) is 6.58 Å². The summed E-state index contributed by atoms with van der Waals surface area (Å²) >= 11 is 0. The Morgan fingerprint density at radius 2 is 2.36 bits per heavy atom. The average Bonchev–Trinajstić information content (AvgIpc) is 2.48. The lowest BCUT2D eigenvalue weighted by atomic mass is 10.1. The Bertz CT molecular complexity index is 289. The van der Waals surface area contributed by atoms with Crippen LogP contribution in [0, 0.1) is 0 Å². The van der Waals surface area contributed by atoms with E-state index in [2.05, 4.69) is 6.58 Å². The molecule has 0 aromatic rings. The van der Waals surface area contributed by atoms with E-state index in [-0.39, 0.29) is 12.1 Å². The molecule has 0 aromatic heterocycles. The molecule has 0 radical (unpaired) electrons. The maximum Gasteiger partial charge on any atom is 0.337 e. The van der Waals surface area contributed by atoms with Gasteiger partial charge in [0.2, 0.25) is 0 Å². The monoisotopic (exact) mass is 196 g/mol. The lowest BCUT2D eigenvalue weighted by Crippen LogP contribution is -2.10. The Morgan fingerprint density at radius 1 is 1.71 bits per heavy atom. The Balaban J connectivity index is 2.67. The van der Waals surface area contributed by atoms with Gasteiger partial charge in [-0.25, -0.2) is 4.79 Å². The van der Waals surface area contributed by atoms with E-state index >= 15 is 0 Å². The molecule has 3 heteroatoms. The second-order valence-electron chi connectivity index (χ2n) is 3.41. The highest BCUT2D eigenvalue weighted by molar-refractivity contribution is 5.89. The molecule has 1 rings (SSSR count). The van der Waals surface area contributed by atoms with Gasteiger partial charge in [-0.3, -0.25) is 0 Å². The lowest BCUT2D eigenvalue weighted by Gasteiger charge is -2.09. The van der Waals surface area contributed by atoms with E-state index in [4.69, 9.17) is 9.47 Å². The minimum Gasteiger partial charge on any atom is -0.490 e. The maximum absolute atomic E-state index is 11.4. The number of allylic oxidation sites excluding steroid dienone is 1. The number of ether oxygens (including phenoxy) is 2. The van der Waals surface area contributed by atoms with Crippen molar-refractivity contribution < 1.29 is 14.3 Å². The summed E-state index contributed by atoms with van der Waals surface area (Å²) in [6.45, 7) is 9.68. The molecule has 0 aromatic carbocycles. The van der Waals surface area contributed by atoms with E-state index in [0.29, 0.717) is 24.4 Å². The fourth-order valence-electron chi connectivity index (χ4n) is 1.38. The maximum atomic E-state index is 11.4. The van der Waals surface area contributed by atoms with Crippen LogP contribution in [0.5, 0.6) is 0 Å². The van der Waals surface area contributed by atoms with Crippen molar-refractivity contribution in [2.45, 2.75) is 33.3 Å². The molecule has 14 heavy (non-hydrogen) atoms. The molecule has 0 aliphatic carbocycles. The zero-order valence-electron chi connectivity index (χ0n) is 8.92. The first-order valence-electron chi connectivity index (χ1n) is 4.75. The van der Waals surface area contributed by atoms with Crippen molar-refractivity contribution in [1.29, 1.82) is 0 Å². The summed E-state index contributed by atoms with van der Waals surface area (Å²) in [5, 5.41) is 0. The van der Waals surface area contributed by atoms with Crippen molar-refractivity contribution in [3.63, 3.8) is 0 Å². The van der Waals surface area contributed by atoms with E-state index in [1.165, 1.54) is 0 Å². The highest BCUT2D eigenvalue weighted by atomic mass is 16.5. The summed E-state index contributed by atoms with van der Waals surface area (Å²) in [7, 11) is 0. The number of hydrogen-bond acceptors (Lipinski definition) is 3. The second kappa shape index (κ2) is 4.31. The molecule has 1 aliphatic rings. The van der Waals surface area contributed by atoms with Crippen LogP contribution in [0.4, 0.5) is 0 Å². The smallest absolute Gasteiger partial charge is 0.337 e. The van der Waals surface area contributed by atoms with Gasteiger partial charge >= 0.3 is 5.97 Å². The standard InChI is InChI=1S/C11H16O3/c1-5-13-11(12)9-6-10(7(2)3)14-8(9)4/h10H,2,5-6H2,1,3-4H3. The first-order valence-corrected chi connectivity index (χ1v) is 4.75. The van der Waals surface area contributed by atoms with Gasteiger partial charge in [0.15, 0.2) is 0 Å². The molecule has 0 saturated carbocycles. The van der Waals surface area contributed by atoms with Crippen molar-refractivity contribution in [1.82, 2.24) is 0 Å². The number of hydrogen-bond donors (Lipinski definition) is 0. The first-order chi connectivity index (χ1) is 6.56. The summed E-state index contributed by atoms with van der Waals surface area (Å²) in [5.74, 6) is 0.394. The summed E-state index contributed by atoms with van der Waals surface area (Å²) in [4.78, 5) is 11.4. The zero-order chi connectivity index (χ0) is 10.7. The Kier molecular flexibility index (Phi) is 3.33.